The zero-order valence-electron chi connectivity index (χ0n) is 15.6. The van der Waals surface area contributed by atoms with Gasteiger partial charge in [-0.25, -0.2) is 14.3 Å². The molecule has 31 heavy (non-hydrogen) atoms. The summed E-state index contributed by atoms with van der Waals surface area (Å²) in [5.74, 6) is -0.142. The van der Waals surface area contributed by atoms with Crippen LogP contribution in [0.2, 0.25) is 10.0 Å². The van der Waals surface area contributed by atoms with Crippen molar-refractivity contribution in [3.8, 4) is 5.69 Å². The molecule has 10 nitrogen and oxygen atoms in total. The number of rotatable bonds is 6. The van der Waals surface area contributed by atoms with E-state index in [-0.39, 0.29) is 23.5 Å². The summed E-state index contributed by atoms with van der Waals surface area (Å²) in [6.45, 7) is 0.271. The van der Waals surface area contributed by atoms with Gasteiger partial charge in [-0.1, -0.05) is 35.3 Å². The van der Waals surface area contributed by atoms with Crippen LogP contribution in [0.4, 0.5) is 11.5 Å². The maximum Gasteiger partial charge on any atom is 0.295 e. The third-order valence-electron chi connectivity index (χ3n) is 4.41. The average Bonchev–Trinajstić information content (AvgIpc) is 3.43. The van der Waals surface area contributed by atoms with Gasteiger partial charge in [-0.3, -0.25) is 14.9 Å². The van der Waals surface area contributed by atoms with E-state index in [4.69, 9.17) is 23.2 Å². The highest BCUT2D eigenvalue weighted by Gasteiger charge is 2.20. The fourth-order valence-electron chi connectivity index (χ4n) is 2.92. The van der Waals surface area contributed by atoms with Crippen LogP contribution in [0.3, 0.4) is 0 Å². The molecule has 0 saturated heterocycles. The quantitative estimate of drug-likeness (QED) is 0.345. The van der Waals surface area contributed by atoms with E-state index < -0.39 is 10.8 Å². The standard InChI is InChI=1S/C19H13Cl2N7O3/c20-14-3-1-2-13(18(14)21)9-26-17(6-7-23-26)25-19(29)12-4-5-15(16(8-12)28(30)31)27-11-22-10-24-27/h1-8,10-11H,9H2,(H,25,29). The Bertz CT molecular complexity index is 1270. The second-order valence-electron chi connectivity index (χ2n) is 6.34. The predicted molar refractivity (Wildman–Crippen MR) is 114 cm³/mol. The van der Waals surface area contributed by atoms with Crippen molar-refractivity contribution in [1.82, 2.24) is 24.5 Å². The van der Waals surface area contributed by atoms with Crippen LogP contribution in [0.5, 0.6) is 0 Å². The average molecular weight is 458 g/mol. The van der Waals surface area contributed by atoms with Crippen molar-refractivity contribution in [3.05, 3.63) is 92.6 Å². The Morgan fingerprint density at radius 1 is 1.16 bits per heavy atom. The molecule has 0 spiro atoms. The van der Waals surface area contributed by atoms with Gasteiger partial charge in [0.05, 0.1) is 27.7 Å². The number of anilines is 1. The fourth-order valence-corrected chi connectivity index (χ4v) is 3.30. The van der Waals surface area contributed by atoms with Crippen molar-refractivity contribution in [3.63, 3.8) is 0 Å². The number of aromatic nitrogens is 5. The lowest BCUT2D eigenvalue weighted by atomic mass is 10.1. The number of hydrogen-bond acceptors (Lipinski definition) is 6. The van der Waals surface area contributed by atoms with Gasteiger partial charge >= 0.3 is 0 Å². The molecule has 1 amide bonds. The minimum atomic E-state index is -0.584. The molecule has 0 aliphatic rings. The molecule has 0 atom stereocenters. The fraction of sp³-hybridized carbons (Fsp3) is 0.0526. The minimum absolute atomic E-state index is 0.101. The van der Waals surface area contributed by atoms with Crippen LogP contribution in [0.25, 0.3) is 5.69 Å². The summed E-state index contributed by atoms with van der Waals surface area (Å²) in [6, 6.07) is 10.9. The van der Waals surface area contributed by atoms with E-state index in [2.05, 4.69) is 20.5 Å². The Morgan fingerprint density at radius 2 is 2.00 bits per heavy atom. The van der Waals surface area contributed by atoms with Crippen LogP contribution in [0, 0.1) is 10.1 Å². The van der Waals surface area contributed by atoms with E-state index in [1.54, 1.807) is 24.3 Å². The summed E-state index contributed by atoms with van der Waals surface area (Å²) in [6.07, 6.45) is 4.11. The van der Waals surface area contributed by atoms with Gasteiger partial charge in [0.15, 0.2) is 0 Å². The summed E-state index contributed by atoms with van der Waals surface area (Å²) in [5, 5.41) is 23.1. The predicted octanol–water partition coefficient (Wildman–Crippen LogP) is 3.98. The van der Waals surface area contributed by atoms with Crippen LogP contribution >= 0.6 is 23.2 Å². The van der Waals surface area contributed by atoms with Crippen molar-refractivity contribution in [1.29, 1.82) is 0 Å². The number of nitrogens with zero attached hydrogens (tertiary/aromatic N) is 6. The number of halogens is 2. The van der Waals surface area contributed by atoms with Gasteiger partial charge in [0.1, 0.15) is 24.2 Å². The first-order valence-electron chi connectivity index (χ1n) is 8.83. The van der Waals surface area contributed by atoms with Crippen molar-refractivity contribution in [2.75, 3.05) is 5.32 Å². The SMILES string of the molecule is O=C(Nc1ccnn1Cc1cccc(Cl)c1Cl)c1ccc(-n2cncn2)c([N+](=O)[O-])c1. The Morgan fingerprint density at radius 3 is 2.74 bits per heavy atom. The van der Waals surface area contributed by atoms with E-state index >= 15 is 0 Å². The molecule has 0 fully saturated rings. The van der Waals surface area contributed by atoms with Crippen molar-refractivity contribution in [2.45, 2.75) is 6.54 Å². The van der Waals surface area contributed by atoms with E-state index in [0.717, 1.165) is 5.56 Å². The van der Waals surface area contributed by atoms with E-state index in [1.165, 1.54) is 46.4 Å². The molecule has 2 aromatic heterocycles. The molecule has 12 heteroatoms. The normalized spacial score (nSPS) is 10.8. The number of benzene rings is 2. The lowest BCUT2D eigenvalue weighted by molar-refractivity contribution is -0.384. The monoisotopic (exact) mass is 457 g/mol. The van der Waals surface area contributed by atoms with Crippen LogP contribution in [-0.2, 0) is 6.54 Å². The molecule has 2 heterocycles. The summed E-state index contributed by atoms with van der Waals surface area (Å²) in [5.41, 5.74) is 0.738. The highest BCUT2D eigenvalue weighted by molar-refractivity contribution is 6.42. The molecule has 4 rings (SSSR count). The lowest BCUT2D eigenvalue weighted by Gasteiger charge is -2.11. The molecular weight excluding hydrogens is 445 g/mol. The number of nitro benzene ring substituents is 1. The van der Waals surface area contributed by atoms with E-state index in [9.17, 15) is 14.9 Å². The molecule has 156 valence electrons. The van der Waals surface area contributed by atoms with Gasteiger partial charge in [-0.2, -0.15) is 10.2 Å². The third kappa shape index (κ3) is 4.25. The number of hydrogen-bond donors (Lipinski definition) is 1. The highest BCUT2D eigenvalue weighted by Crippen LogP contribution is 2.27. The van der Waals surface area contributed by atoms with Crippen molar-refractivity contribution < 1.29 is 9.72 Å². The first-order valence-corrected chi connectivity index (χ1v) is 9.59. The smallest absolute Gasteiger partial charge is 0.295 e. The second-order valence-corrected chi connectivity index (χ2v) is 7.13. The van der Waals surface area contributed by atoms with Gasteiger partial charge in [0, 0.05) is 17.7 Å². The number of nitro groups is 1. The summed E-state index contributed by atoms with van der Waals surface area (Å²) >= 11 is 12.3. The third-order valence-corrected chi connectivity index (χ3v) is 5.27. The van der Waals surface area contributed by atoms with Crippen LogP contribution < -0.4 is 5.32 Å². The molecular formula is C19H13Cl2N7O3. The van der Waals surface area contributed by atoms with E-state index in [0.29, 0.717) is 15.9 Å². The van der Waals surface area contributed by atoms with Crippen LogP contribution in [0.15, 0.2) is 61.3 Å². The molecule has 1 N–H and O–H groups in total. The second kappa shape index (κ2) is 8.54. The maximum atomic E-state index is 12.8. The number of nitrogens with one attached hydrogen (secondary N) is 1. The van der Waals surface area contributed by atoms with Crippen molar-refractivity contribution in [2.24, 2.45) is 0 Å². The van der Waals surface area contributed by atoms with Gasteiger partial charge < -0.3 is 5.32 Å². The Balaban J connectivity index is 1.58. The zero-order chi connectivity index (χ0) is 22.0. The maximum absolute atomic E-state index is 12.8. The Labute approximate surface area is 185 Å². The molecule has 0 radical (unpaired) electrons. The number of amides is 1. The largest absolute Gasteiger partial charge is 0.307 e. The Kier molecular flexibility index (Phi) is 5.65. The van der Waals surface area contributed by atoms with Gasteiger partial charge in [0.25, 0.3) is 11.6 Å². The van der Waals surface area contributed by atoms with Crippen LogP contribution in [0.1, 0.15) is 15.9 Å². The van der Waals surface area contributed by atoms with Crippen LogP contribution in [-0.4, -0.2) is 35.4 Å². The summed E-state index contributed by atoms with van der Waals surface area (Å²) in [4.78, 5) is 27.5. The van der Waals surface area contributed by atoms with E-state index in [1.807, 2.05) is 0 Å². The molecule has 0 bridgehead atoms. The molecule has 4 aromatic rings. The highest BCUT2D eigenvalue weighted by atomic mass is 35.5. The summed E-state index contributed by atoms with van der Waals surface area (Å²) < 4.78 is 2.79. The van der Waals surface area contributed by atoms with Gasteiger partial charge in [-0.15, -0.1) is 0 Å². The molecule has 0 saturated carbocycles. The number of carbonyl (C=O) groups is 1. The zero-order valence-corrected chi connectivity index (χ0v) is 17.2. The molecule has 0 aliphatic heterocycles. The molecule has 0 aliphatic carbocycles. The van der Waals surface area contributed by atoms with Gasteiger partial charge in [0.2, 0.25) is 0 Å². The topological polar surface area (TPSA) is 121 Å². The first kappa shape index (κ1) is 20.5. The van der Waals surface area contributed by atoms with Crippen molar-refractivity contribution >= 4 is 40.6 Å². The minimum Gasteiger partial charge on any atom is -0.307 e. The molecule has 2 aromatic carbocycles. The molecule has 0 unspecified atom stereocenters. The lowest BCUT2D eigenvalue weighted by Crippen LogP contribution is -2.17. The number of carbonyl (C=O) groups excluding carboxylic acids is 1. The van der Waals surface area contributed by atoms with Gasteiger partial charge in [-0.05, 0) is 23.8 Å². The Hall–Kier alpha value is -3.76. The summed E-state index contributed by atoms with van der Waals surface area (Å²) in [7, 11) is 0. The first-order chi connectivity index (χ1) is 14.9.